The Morgan fingerprint density at radius 1 is 1.43 bits per heavy atom. The monoisotopic (exact) mass is 291 g/mol. The molecule has 1 aliphatic rings. The van der Waals surface area contributed by atoms with E-state index in [0.717, 1.165) is 30.7 Å². The van der Waals surface area contributed by atoms with Crippen molar-refractivity contribution < 1.29 is 14.3 Å². The number of benzene rings is 1. The van der Waals surface area contributed by atoms with Crippen molar-refractivity contribution in [1.29, 1.82) is 0 Å². The highest BCUT2D eigenvalue weighted by atomic mass is 16.5. The van der Waals surface area contributed by atoms with Gasteiger partial charge in [-0.15, -0.1) is 0 Å². The standard InChI is InChI=1S/C17H25NO3/c1-5-18-17(16(19)20-4)9-8-14(11-17)21-15-7-6-12(2)10-13(15)3/h6-7,10,14,18H,5,8-9,11H2,1-4H3. The van der Waals surface area contributed by atoms with Gasteiger partial charge in [0.1, 0.15) is 17.4 Å². The van der Waals surface area contributed by atoms with Crippen molar-refractivity contribution in [3.63, 3.8) is 0 Å². The Hall–Kier alpha value is -1.55. The van der Waals surface area contributed by atoms with Crippen molar-refractivity contribution >= 4 is 5.97 Å². The van der Waals surface area contributed by atoms with Gasteiger partial charge in [-0.3, -0.25) is 4.79 Å². The van der Waals surface area contributed by atoms with Crippen molar-refractivity contribution in [1.82, 2.24) is 5.32 Å². The van der Waals surface area contributed by atoms with Crippen LogP contribution in [0.5, 0.6) is 5.75 Å². The van der Waals surface area contributed by atoms with Gasteiger partial charge in [0.2, 0.25) is 0 Å². The molecule has 21 heavy (non-hydrogen) atoms. The topological polar surface area (TPSA) is 47.6 Å². The summed E-state index contributed by atoms with van der Waals surface area (Å²) in [6, 6.07) is 6.17. The molecule has 0 aliphatic heterocycles. The molecule has 0 bridgehead atoms. The lowest BCUT2D eigenvalue weighted by Crippen LogP contribution is -2.51. The molecule has 1 saturated carbocycles. The van der Waals surface area contributed by atoms with Gasteiger partial charge < -0.3 is 14.8 Å². The van der Waals surface area contributed by atoms with Crippen molar-refractivity contribution in [3.8, 4) is 5.75 Å². The van der Waals surface area contributed by atoms with Gasteiger partial charge in [0.05, 0.1) is 7.11 Å². The molecule has 4 nitrogen and oxygen atoms in total. The van der Waals surface area contributed by atoms with E-state index in [1.807, 2.05) is 13.0 Å². The van der Waals surface area contributed by atoms with Crippen molar-refractivity contribution in [2.24, 2.45) is 0 Å². The number of carbonyl (C=O) groups is 1. The van der Waals surface area contributed by atoms with Crippen LogP contribution in [0.2, 0.25) is 0 Å². The molecule has 0 spiro atoms. The van der Waals surface area contributed by atoms with Crippen LogP contribution in [0.4, 0.5) is 0 Å². The van der Waals surface area contributed by atoms with Crippen LogP contribution in [0.3, 0.4) is 0 Å². The first-order valence-electron chi connectivity index (χ1n) is 7.58. The zero-order valence-electron chi connectivity index (χ0n) is 13.4. The van der Waals surface area contributed by atoms with Gasteiger partial charge in [-0.1, -0.05) is 24.6 Å². The van der Waals surface area contributed by atoms with Crippen LogP contribution in [0.15, 0.2) is 18.2 Å². The van der Waals surface area contributed by atoms with Crippen LogP contribution in [0.25, 0.3) is 0 Å². The minimum Gasteiger partial charge on any atom is -0.490 e. The van der Waals surface area contributed by atoms with E-state index in [4.69, 9.17) is 9.47 Å². The second kappa shape index (κ2) is 6.48. The predicted octanol–water partition coefficient (Wildman–Crippen LogP) is 2.76. The minimum absolute atomic E-state index is 0.0459. The van der Waals surface area contributed by atoms with E-state index >= 15 is 0 Å². The summed E-state index contributed by atoms with van der Waals surface area (Å²) in [7, 11) is 1.44. The van der Waals surface area contributed by atoms with Gasteiger partial charge in [0.15, 0.2) is 0 Å². The fraction of sp³-hybridized carbons (Fsp3) is 0.588. The van der Waals surface area contributed by atoms with Gasteiger partial charge in [0.25, 0.3) is 0 Å². The molecule has 1 aromatic carbocycles. The number of rotatable bonds is 5. The maximum Gasteiger partial charge on any atom is 0.326 e. The van der Waals surface area contributed by atoms with Gasteiger partial charge >= 0.3 is 5.97 Å². The first-order valence-corrected chi connectivity index (χ1v) is 7.58. The molecule has 4 heteroatoms. The molecule has 0 amide bonds. The zero-order chi connectivity index (χ0) is 15.5. The highest BCUT2D eigenvalue weighted by Crippen LogP contribution is 2.34. The Balaban J connectivity index is 2.08. The Morgan fingerprint density at radius 3 is 2.81 bits per heavy atom. The first-order chi connectivity index (χ1) is 10.0. The zero-order valence-corrected chi connectivity index (χ0v) is 13.4. The van der Waals surface area contributed by atoms with Crippen LogP contribution in [0, 0.1) is 13.8 Å². The average molecular weight is 291 g/mol. The van der Waals surface area contributed by atoms with E-state index in [1.165, 1.54) is 12.7 Å². The maximum absolute atomic E-state index is 12.1. The number of hydrogen-bond acceptors (Lipinski definition) is 4. The van der Waals surface area contributed by atoms with Gasteiger partial charge in [-0.05, 0) is 44.9 Å². The molecule has 2 unspecified atom stereocenters. The number of ether oxygens (including phenoxy) is 2. The minimum atomic E-state index is -0.591. The molecule has 116 valence electrons. The van der Waals surface area contributed by atoms with E-state index in [-0.39, 0.29) is 12.1 Å². The Labute approximate surface area is 126 Å². The van der Waals surface area contributed by atoms with Crippen LogP contribution >= 0.6 is 0 Å². The van der Waals surface area contributed by atoms with Crippen LogP contribution < -0.4 is 10.1 Å². The number of esters is 1. The van der Waals surface area contributed by atoms with Gasteiger partial charge in [-0.2, -0.15) is 0 Å². The second-order valence-electron chi connectivity index (χ2n) is 5.86. The van der Waals surface area contributed by atoms with Gasteiger partial charge in [0, 0.05) is 6.42 Å². The molecule has 0 saturated heterocycles. The summed E-state index contributed by atoms with van der Waals surface area (Å²) in [5, 5.41) is 3.29. The Kier molecular flexibility index (Phi) is 4.88. The van der Waals surface area contributed by atoms with Crippen molar-refractivity contribution in [3.05, 3.63) is 29.3 Å². The lowest BCUT2D eigenvalue weighted by molar-refractivity contribution is -0.148. The Bertz CT molecular complexity index is 515. The van der Waals surface area contributed by atoms with Crippen molar-refractivity contribution in [2.75, 3.05) is 13.7 Å². The highest BCUT2D eigenvalue weighted by molar-refractivity contribution is 5.81. The molecule has 1 fully saturated rings. The molecule has 0 heterocycles. The molecule has 2 rings (SSSR count). The number of methoxy groups -OCH3 is 1. The second-order valence-corrected chi connectivity index (χ2v) is 5.86. The lowest BCUT2D eigenvalue weighted by atomic mass is 9.97. The summed E-state index contributed by atoms with van der Waals surface area (Å²) in [4.78, 5) is 12.1. The highest BCUT2D eigenvalue weighted by Gasteiger charge is 2.46. The van der Waals surface area contributed by atoms with E-state index in [9.17, 15) is 4.79 Å². The van der Waals surface area contributed by atoms with E-state index in [2.05, 4.69) is 31.3 Å². The lowest BCUT2D eigenvalue weighted by Gasteiger charge is -2.27. The number of likely N-dealkylation sites (N-methyl/N-ethyl adjacent to an activating group) is 1. The third-order valence-electron chi connectivity index (χ3n) is 4.18. The first kappa shape index (κ1) is 15.8. The quantitative estimate of drug-likeness (QED) is 0.847. The van der Waals surface area contributed by atoms with Crippen LogP contribution in [0.1, 0.15) is 37.3 Å². The third kappa shape index (κ3) is 3.38. The summed E-state index contributed by atoms with van der Waals surface area (Å²) < 4.78 is 11.1. The van der Waals surface area contributed by atoms with Crippen LogP contribution in [-0.4, -0.2) is 31.3 Å². The molecule has 0 radical (unpaired) electrons. The van der Waals surface area contributed by atoms with Gasteiger partial charge in [-0.25, -0.2) is 0 Å². The number of nitrogens with one attached hydrogen (secondary N) is 1. The predicted molar refractivity (Wildman–Crippen MR) is 82.6 cm³/mol. The maximum atomic E-state index is 12.1. The molecule has 0 aromatic heterocycles. The number of hydrogen-bond donors (Lipinski definition) is 1. The van der Waals surface area contributed by atoms with E-state index < -0.39 is 5.54 Å². The average Bonchev–Trinajstić information content (AvgIpc) is 2.86. The van der Waals surface area contributed by atoms with E-state index in [0.29, 0.717) is 6.42 Å². The number of carbonyl (C=O) groups excluding carboxylic acids is 1. The molecule has 1 N–H and O–H groups in total. The van der Waals surface area contributed by atoms with Crippen molar-refractivity contribution in [2.45, 2.75) is 51.7 Å². The smallest absolute Gasteiger partial charge is 0.326 e. The van der Waals surface area contributed by atoms with Crippen LogP contribution in [-0.2, 0) is 9.53 Å². The summed E-state index contributed by atoms with van der Waals surface area (Å²) in [6.45, 7) is 6.86. The number of aryl methyl sites for hydroxylation is 2. The normalized spacial score (nSPS) is 24.9. The van der Waals surface area contributed by atoms with E-state index in [1.54, 1.807) is 0 Å². The largest absolute Gasteiger partial charge is 0.490 e. The summed E-state index contributed by atoms with van der Waals surface area (Å²) >= 11 is 0. The molecule has 1 aromatic rings. The summed E-state index contributed by atoms with van der Waals surface area (Å²) in [5.74, 6) is 0.721. The SMILES string of the molecule is CCNC1(C(=O)OC)CCC(Oc2ccc(C)cc2C)C1. The fourth-order valence-electron chi connectivity index (χ4n) is 3.16. The summed E-state index contributed by atoms with van der Waals surface area (Å²) in [5.41, 5.74) is 1.77. The molecular weight excluding hydrogens is 266 g/mol. The molecule has 1 aliphatic carbocycles. The Morgan fingerprint density at radius 2 is 2.19 bits per heavy atom. The fourth-order valence-corrected chi connectivity index (χ4v) is 3.16. The summed E-state index contributed by atoms with van der Waals surface area (Å²) in [6.07, 6.45) is 2.31. The third-order valence-corrected chi connectivity index (χ3v) is 4.18. The molecular formula is C17H25NO3. The molecule has 2 atom stereocenters.